The molecule has 0 saturated carbocycles. The second-order valence-electron chi connectivity index (χ2n) is 4.44. The Bertz CT molecular complexity index is 853. The van der Waals surface area contributed by atoms with Crippen molar-refractivity contribution in [2.45, 2.75) is 0 Å². The molecule has 0 bridgehead atoms. The van der Waals surface area contributed by atoms with E-state index < -0.39 is 0 Å². The lowest BCUT2D eigenvalue weighted by atomic mass is 10.1. The summed E-state index contributed by atoms with van der Waals surface area (Å²) in [5.74, 6) is -0.102. The number of benzene rings is 1. The summed E-state index contributed by atoms with van der Waals surface area (Å²) >= 11 is 3.21. The molecule has 0 N–H and O–H groups in total. The number of nitrogens with zero attached hydrogens (tertiary/aromatic N) is 2. The van der Waals surface area contributed by atoms with Crippen LogP contribution in [0.1, 0.15) is 21.6 Å². The Morgan fingerprint density at radius 2 is 2.00 bits per heavy atom. The van der Waals surface area contributed by atoms with Gasteiger partial charge in [-0.2, -0.15) is 5.26 Å². The number of hydrogen-bond donors (Lipinski definition) is 0. The Labute approximate surface area is 135 Å². The Morgan fingerprint density at radius 1 is 1.18 bits per heavy atom. The molecule has 0 aliphatic rings. The minimum Gasteiger partial charge on any atom is -0.289 e. The van der Waals surface area contributed by atoms with Gasteiger partial charge >= 0.3 is 0 Å². The van der Waals surface area contributed by atoms with E-state index in [2.05, 4.69) is 4.98 Å². The molecule has 0 saturated heterocycles. The quantitative estimate of drug-likeness (QED) is 0.519. The van der Waals surface area contributed by atoms with Crippen molar-refractivity contribution in [3.63, 3.8) is 0 Å². The minimum atomic E-state index is -0.102. The van der Waals surface area contributed by atoms with E-state index in [0.29, 0.717) is 11.1 Å². The second kappa shape index (κ2) is 6.48. The highest BCUT2D eigenvalue weighted by atomic mass is 32.1. The van der Waals surface area contributed by atoms with Crippen molar-refractivity contribution in [3.05, 3.63) is 70.1 Å². The molecule has 2 aromatic heterocycles. The fourth-order valence-corrected chi connectivity index (χ4v) is 3.44. The molecule has 3 rings (SSSR count). The molecule has 0 amide bonds. The van der Waals surface area contributed by atoms with E-state index in [4.69, 9.17) is 5.26 Å². The number of aromatic nitrogens is 1. The largest absolute Gasteiger partial charge is 0.289 e. The zero-order chi connectivity index (χ0) is 15.4. The lowest BCUT2D eigenvalue weighted by Gasteiger charge is -1.95. The first-order valence-corrected chi connectivity index (χ1v) is 8.24. The van der Waals surface area contributed by atoms with Gasteiger partial charge in [0.25, 0.3) is 0 Å². The van der Waals surface area contributed by atoms with Gasteiger partial charge in [-0.3, -0.25) is 4.79 Å². The van der Waals surface area contributed by atoms with Crippen molar-refractivity contribution >= 4 is 34.5 Å². The van der Waals surface area contributed by atoms with Crippen LogP contribution in [0, 0.1) is 11.3 Å². The van der Waals surface area contributed by atoms with Gasteiger partial charge in [0.15, 0.2) is 5.78 Å². The van der Waals surface area contributed by atoms with Crippen molar-refractivity contribution in [2.75, 3.05) is 0 Å². The fourth-order valence-electron chi connectivity index (χ4n) is 1.84. The van der Waals surface area contributed by atoms with Gasteiger partial charge in [0.1, 0.15) is 5.01 Å². The van der Waals surface area contributed by atoms with Gasteiger partial charge in [-0.05, 0) is 47.9 Å². The van der Waals surface area contributed by atoms with E-state index in [1.807, 2.05) is 29.0 Å². The number of carbonyl (C=O) groups is 1. The molecule has 0 spiro atoms. The number of thiazole rings is 1. The van der Waals surface area contributed by atoms with Crippen LogP contribution in [0.5, 0.6) is 0 Å². The highest BCUT2D eigenvalue weighted by molar-refractivity contribution is 7.20. The van der Waals surface area contributed by atoms with E-state index in [1.54, 1.807) is 53.0 Å². The Balaban J connectivity index is 1.73. The summed E-state index contributed by atoms with van der Waals surface area (Å²) in [6.45, 7) is 0. The monoisotopic (exact) mass is 322 g/mol. The number of hydrogen-bond acceptors (Lipinski definition) is 5. The first-order chi connectivity index (χ1) is 10.8. The molecular weight excluding hydrogens is 312 g/mol. The predicted molar refractivity (Wildman–Crippen MR) is 89.9 cm³/mol. The number of allylic oxidation sites excluding steroid dienone is 1. The maximum Gasteiger partial charge on any atom is 0.185 e. The maximum absolute atomic E-state index is 12.1. The Kier molecular flexibility index (Phi) is 4.24. The van der Waals surface area contributed by atoms with E-state index >= 15 is 0 Å². The molecule has 22 heavy (non-hydrogen) atoms. The number of ketones is 1. The van der Waals surface area contributed by atoms with Crippen molar-refractivity contribution in [1.82, 2.24) is 4.98 Å². The SMILES string of the molecule is N#Cc1ccc(C(=O)/C=C/c2csc(-c3cccs3)n2)cc1. The van der Waals surface area contributed by atoms with E-state index in [-0.39, 0.29) is 5.78 Å². The van der Waals surface area contributed by atoms with E-state index in [1.165, 1.54) is 6.08 Å². The molecule has 3 aromatic rings. The van der Waals surface area contributed by atoms with Crippen LogP contribution in [0.3, 0.4) is 0 Å². The minimum absolute atomic E-state index is 0.102. The first kappa shape index (κ1) is 14.4. The fraction of sp³-hybridized carbons (Fsp3) is 0. The van der Waals surface area contributed by atoms with Gasteiger partial charge in [0.05, 0.1) is 22.2 Å². The summed E-state index contributed by atoms with van der Waals surface area (Å²) in [6.07, 6.45) is 3.22. The van der Waals surface area contributed by atoms with Gasteiger partial charge in [-0.1, -0.05) is 6.07 Å². The zero-order valence-electron chi connectivity index (χ0n) is 11.4. The smallest absolute Gasteiger partial charge is 0.185 e. The standard InChI is InChI=1S/C17H10N2OS2/c18-10-12-3-5-13(6-4-12)15(20)8-7-14-11-22-17(19-14)16-2-1-9-21-16/h1-9,11H/b8-7+. The van der Waals surface area contributed by atoms with Gasteiger partial charge < -0.3 is 0 Å². The molecule has 0 aliphatic heterocycles. The molecule has 0 atom stereocenters. The van der Waals surface area contributed by atoms with Crippen molar-refractivity contribution in [2.24, 2.45) is 0 Å². The number of carbonyl (C=O) groups excluding carboxylic acids is 1. The van der Waals surface area contributed by atoms with Gasteiger partial charge in [0.2, 0.25) is 0 Å². The van der Waals surface area contributed by atoms with Crippen LogP contribution >= 0.6 is 22.7 Å². The molecule has 3 nitrogen and oxygen atoms in total. The molecule has 106 valence electrons. The van der Waals surface area contributed by atoms with Crippen LogP contribution in [0.4, 0.5) is 0 Å². The highest BCUT2D eigenvalue weighted by Gasteiger charge is 2.05. The van der Waals surface area contributed by atoms with Crippen LogP contribution in [-0.4, -0.2) is 10.8 Å². The normalized spacial score (nSPS) is 10.7. The Morgan fingerprint density at radius 3 is 2.68 bits per heavy atom. The molecule has 0 radical (unpaired) electrons. The molecule has 5 heteroatoms. The average molecular weight is 322 g/mol. The van der Waals surface area contributed by atoms with E-state index in [0.717, 1.165) is 15.6 Å². The summed E-state index contributed by atoms with van der Waals surface area (Å²) < 4.78 is 0. The topological polar surface area (TPSA) is 53.8 Å². The molecule has 1 aromatic carbocycles. The highest BCUT2D eigenvalue weighted by Crippen LogP contribution is 2.28. The van der Waals surface area contributed by atoms with Crippen LogP contribution < -0.4 is 0 Å². The predicted octanol–water partition coefficient (Wildman–Crippen LogP) is 4.64. The maximum atomic E-state index is 12.1. The zero-order valence-corrected chi connectivity index (χ0v) is 13.0. The summed E-state index contributed by atoms with van der Waals surface area (Å²) in [5, 5.41) is 13.6. The molecule has 0 unspecified atom stereocenters. The van der Waals surface area contributed by atoms with Crippen LogP contribution in [-0.2, 0) is 0 Å². The van der Waals surface area contributed by atoms with Crippen molar-refractivity contribution in [3.8, 4) is 16.0 Å². The summed E-state index contributed by atoms with van der Waals surface area (Å²) in [5.41, 5.74) is 1.87. The summed E-state index contributed by atoms with van der Waals surface area (Å²) in [6, 6.07) is 12.6. The van der Waals surface area contributed by atoms with Crippen LogP contribution in [0.15, 0.2) is 53.2 Å². The van der Waals surface area contributed by atoms with Gasteiger partial charge in [-0.15, -0.1) is 22.7 Å². The number of rotatable bonds is 4. The Hall–Kier alpha value is -2.55. The lowest BCUT2D eigenvalue weighted by Crippen LogP contribution is -1.93. The van der Waals surface area contributed by atoms with Crippen molar-refractivity contribution < 1.29 is 4.79 Å². The van der Waals surface area contributed by atoms with Crippen molar-refractivity contribution in [1.29, 1.82) is 5.26 Å². The summed E-state index contributed by atoms with van der Waals surface area (Å²) in [7, 11) is 0. The number of nitriles is 1. The van der Waals surface area contributed by atoms with Gasteiger partial charge in [-0.25, -0.2) is 4.98 Å². The van der Waals surface area contributed by atoms with E-state index in [9.17, 15) is 4.79 Å². The molecule has 0 fully saturated rings. The second-order valence-corrected chi connectivity index (χ2v) is 6.25. The average Bonchev–Trinajstić information content (AvgIpc) is 3.23. The molecule has 0 aliphatic carbocycles. The lowest BCUT2D eigenvalue weighted by molar-refractivity contribution is 0.104. The number of thiophene rings is 1. The van der Waals surface area contributed by atoms with Crippen LogP contribution in [0.25, 0.3) is 16.0 Å². The first-order valence-electron chi connectivity index (χ1n) is 6.48. The molecule has 2 heterocycles. The van der Waals surface area contributed by atoms with Crippen LogP contribution in [0.2, 0.25) is 0 Å². The third-order valence-electron chi connectivity index (χ3n) is 2.96. The van der Waals surface area contributed by atoms with Gasteiger partial charge in [0, 0.05) is 10.9 Å². The molecular formula is C17H10N2OS2. The third kappa shape index (κ3) is 3.19. The third-order valence-corrected chi connectivity index (χ3v) is 4.86. The summed E-state index contributed by atoms with van der Waals surface area (Å²) in [4.78, 5) is 17.7.